The van der Waals surface area contributed by atoms with Crippen molar-refractivity contribution in [2.45, 2.75) is 57.8 Å². The van der Waals surface area contributed by atoms with Crippen LogP contribution in [0.4, 0.5) is 8.78 Å². The molecule has 1 heterocycles. The summed E-state index contributed by atoms with van der Waals surface area (Å²) in [6.07, 6.45) is 4.80. The van der Waals surface area contributed by atoms with Crippen molar-refractivity contribution in [3.63, 3.8) is 0 Å². The summed E-state index contributed by atoms with van der Waals surface area (Å²) in [7, 11) is 0. The first-order valence-corrected chi connectivity index (χ1v) is 10.00. The molecule has 28 heavy (non-hydrogen) atoms. The van der Waals surface area contributed by atoms with Gasteiger partial charge in [0.25, 0.3) is 5.91 Å². The summed E-state index contributed by atoms with van der Waals surface area (Å²) >= 11 is 3.20. The number of carbonyl (C=O) groups is 1. The number of aromatic nitrogens is 1. The third-order valence-corrected chi connectivity index (χ3v) is 5.89. The summed E-state index contributed by atoms with van der Waals surface area (Å²) in [5, 5.41) is 13.8. The molecule has 5 nitrogen and oxygen atoms in total. The summed E-state index contributed by atoms with van der Waals surface area (Å²) < 4.78 is 29.7. The fourth-order valence-corrected chi connectivity index (χ4v) is 4.11. The number of benzene rings is 1. The number of ether oxygens (including phenoxy) is 1. The van der Waals surface area contributed by atoms with E-state index in [9.17, 15) is 18.7 Å². The lowest BCUT2D eigenvalue weighted by Crippen LogP contribution is -2.41. The number of halogens is 3. The van der Waals surface area contributed by atoms with Crippen molar-refractivity contribution in [2.75, 3.05) is 0 Å². The minimum absolute atomic E-state index is 0.00392. The Balaban J connectivity index is 1.69. The van der Waals surface area contributed by atoms with Crippen LogP contribution in [-0.4, -0.2) is 34.3 Å². The number of amides is 1. The van der Waals surface area contributed by atoms with Crippen molar-refractivity contribution in [3.8, 4) is 5.75 Å². The van der Waals surface area contributed by atoms with Crippen molar-refractivity contribution in [1.82, 2.24) is 10.3 Å². The lowest BCUT2D eigenvalue weighted by atomic mass is 9.77. The number of nitrogens with zero attached hydrogens (tertiary/aromatic N) is 1. The van der Waals surface area contributed by atoms with E-state index in [0.29, 0.717) is 20.9 Å². The summed E-state index contributed by atoms with van der Waals surface area (Å²) in [6, 6.07) is 4.75. The molecule has 1 aliphatic carbocycles. The Kier molecular flexibility index (Phi) is 6.19. The second-order valence-corrected chi connectivity index (χ2v) is 8.61. The van der Waals surface area contributed by atoms with Gasteiger partial charge in [-0.1, -0.05) is 0 Å². The van der Waals surface area contributed by atoms with Crippen molar-refractivity contribution in [1.29, 1.82) is 0 Å². The Morgan fingerprint density at radius 1 is 1.29 bits per heavy atom. The zero-order valence-corrected chi connectivity index (χ0v) is 17.3. The van der Waals surface area contributed by atoms with Crippen LogP contribution in [0.1, 0.15) is 49.9 Å². The maximum Gasteiger partial charge on any atom is 0.387 e. The van der Waals surface area contributed by atoms with Crippen LogP contribution in [0.15, 0.2) is 28.9 Å². The van der Waals surface area contributed by atoms with E-state index in [2.05, 4.69) is 31.0 Å². The summed E-state index contributed by atoms with van der Waals surface area (Å²) in [5.74, 6) is 0.0194. The summed E-state index contributed by atoms with van der Waals surface area (Å²) in [6.45, 7) is 0.728. The number of fused-ring (bicyclic) bond motifs is 1. The van der Waals surface area contributed by atoms with Crippen LogP contribution < -0.4 is 10.1 Å². The molecule has 0 unspecified atom stereocenters. The SMILES string of the molecule is CC(C)(O)C1CCC(NC(=O)c2cnc3cc(OC(F)F)c(Br)cc3c2)CC1. The van der Waals surface area contributed by atoms with Gasteiger partial charge in [-0.05, 0) is 73.5 Å². The van der Waals surface area contributed by atoms with Crippen molar-refractivity contribution < 1.29 is 23.4 Å². The van der Waals surface area contributed by atoms with Gasteiger partial charge >= 0.3 is 6.61 Å². The number of hydrogen-bond acceptors (Lipinski definition) is 4. The molecule has 1 amide bonds. The molecule has 2 N–H and O–H groups in total. The molecule has 2 aromatic rings. The summed E-state index contributed by atoms with van der Waals surface area (Å²) in [4.78, 5) is 16.8. The van der Waals surface area contributed by atoms with E-state index in [1.54, 1.807) is 12.1 Å². The monoisotopic (exact) mass is 456 g/mol. The minimum Gasteiger partial charge on any atom is -0.434 e. The first-order valence-electron chi connectivity index (χ1n) is 9.21. The van der Waals surface area contributed by atoms with Crippen LogP contribution in [0.25, 0.3) is 10.9 Å². The van der Waals surface area contributed by atoms with Gasteiger partial charge in [-0.15, -0.1) is 0 Å². The van der Waals surface area contributed by atoms with Crippen LogP contribution in [0, 0.1) is 5.92 Å². The molecule has 0 radical (unpaired) electrons. The standard InChI is InChI=1S/C20H23BrF2N2O3/c1-20(2,27)13-3-5-14(6-4-13)25-18(26)12-7-11-8-15(21)17(28-19(22)23)9-16(11)24-10-12/h7-10,13-14,19,27H,3-6H2,1-2H3,(H,25,26). The van der Waals surface area contributed by atoms with E-state index in [-0.39, 0.29) is 23.6 Å². The molecule has 3 rings (SSSR count). The Labute approximate surface area is 170 Å². The number of hydrogen-bond donors (Lipinski definition) is 2. The zero-order chi connectivity index (χ0) is 20.5. The molecule has 1 aromatic heterocycles. The molecule has 1 aliphatic rings. The predicted octanol–water partition coefficient (Wildman–Crippen LogP) is 4.66. The van der Waals surface area contributed by atoms with Gasteiger partial charge in [-0.3, -0.25) is 9.78 Å². The van der Waals surface area contributed by atoms with Gasteiger partial charge in [-0.25, -0.2) is 0 Å². The largest absolute Gasteiger partial charge is 0.434 e. The van der Waals surface area contributed by atoms with Gasteiger partial charge in [0.1, 0.15) is 5.75 Å². The third kappa shape index (κ3) is 4.97. The van der Waals surface area contributed by atoms with Gasteiger partial charge in [0.2, 0.25) is 0 Å². The summed E-state index contributed by atoms with van der Waals surface area (Å²) in [5.41, 5.74) is 0.171. The Morgan fingerprint density at radius 2 is 1.96 bits per heavy atom. The zero-order valence-electron chi connectivity index (χ0n) is 15.7. The molecular formula is C20H23BrF2N2O3. The third-order valence-electron chi connectivity index (χ3n) is 5.27. The molecule has 1 fully saturated rings. The topological polar surface area (TPSA) is 71.5 Å². The van der Waals surface area contributed by atoms with Crippen molar-refractivity contribution in [3.05, 3.63) is 34.4 Å². The number of nitrogens with one attached hydrogen (secondary N) is 1. The van der Waals surface area contributed by atoms with Crippen LogP contribution in [0.2, 0.25) is 0 Å². The predicted molar refractivity (Wildman–Crippen MR) is 106 cm³/mol. The van der Waals surface area contributed by atoms with Crippen molar-refractivity contribution in [2.24, 2.45) is 5.92 Å². The highest BCUT2D eigenvalue weighted by atomic mass is 79.9. The molecule has 8 heteroatoms. The maximum absolute atomic E-state index is 12.6. The van der Waals surface area contributed by atoms with Crippen LogP contribution >= 0.6 is 15.9 Å². The van der Waals surface area contributed by atoms with Crippen LogP contribution in [-0.2, 0) is 0 Å². The lowest BCUT2D eigenvalue weighted by molar-refractivity contribution is -0.0502. The first-order chi connectivity index (χ1) is 13.1. The van der Waals surface area contributed by atoms with Gasteiger partial charge in [0.15, 0.2) is 0 Å². The van der Waals surface area contributed by atoms with E-state index in [1.165, 1.54) is 12.3 Å². The lowest BCUT2D eigenvalue weighted by Gasteiger charge is -2.36. The Hall–Kier alpha value is -1.80. The van der Waals surface area contributed by atoms with Crippen LogP contribution in [0.5, 0.6) is 5.75 Å². The average Bonchev–Trinajstić information content (AvgIpc) is 2.61. The second-order valence-electron chi connectivity index (χ2n) is 7.75. The number of rotatable bonds is 5. The smallest absolute Gasteiger partial charge is 0.387 e. The molecule has 152 valence electrons. The average molecular weight is 457 g/mol. The van der Waals surface area contributed by atoms with E-state index in [1.807, 2.05) is 13.8 Å². The number of aliphatic hydroxyl groups is 1. The Bertz CT molecular complexity index is 862. The minimum atomic E-state index is -2.93. The molecule has 0 spiro atoms. The van der Waals surface area contributed by atoms with Crippen LogP contribution in [0.3, 0.4) is 0 Å². The van der Waals surface area contributed by atoms with Gasteiger partial charge in [0.05, 0.1) is 21.2 Å². The van der Waals surface area contributed by atoms with Gasteiger partial charge < -0.3 is 15.2 Å². The molecule has 0 saturated heterocycles. The number of carbonyl (C=O) groups excluding carboxylic acids is 1. The van der Waals surface area contributed by atoms with E-state index in [4.69, 9.17) is 0 Å². The maximum atomic E-state index is 12.6. The van der Waals surface area contributed by atoms with Gasteiger partial charge in [-0.2, -0.15) is 8.78 Å². The molecular weight excluding hydrogens is 434 g/mol. The fourth-order valence-electron chi connectivity index (χ4n) is 3.65. The van der Waals surface area contributed by atoms with E-state index in [0.717, 1.165) is 25.7 Å². The first kappa shape index (κ1) is 20.9. The quantitative estimate of drug-likeness (QED) is 0.686. The highest BCUT2D eigenvalue weighted by Gasteiger charge is 2.31. The molecule has 1 aromatic carbocycles. The molecule has 0 atom stereocenters. The number of alkyl halides is 2. The molecule has 0 aliphatic heterocycles. The fraction of sp³-hybridized carbons (Fsp3) is 0.500. The highest BCUT2D eigenvalue weighted by molar-refractivity contribution is 9.10. The van der Waals surface area contributed by atoms with Gasteiger partial charge in [0, 0.05) is 23.7 Å². The number of pyridine rings is 1. The molecule has 1 saturated carbocycles. The van der Waals surface area contributed by atoms with Crippen molar-refractivity contribution >= 4 is 32.7 Å². The Morgan fingerprint density at radius 3 is 2.57 bits per heavy atom. The normalized spacial score (nSPS) is 20.4. The van der Waals surface area contributed by atoms with E-state index >= 15 is 0 Å². The highest BCUT2D eigenvalue weighted by Crippen LogP contribution is 2.33. The molecule has 0 bridgehead atoms. The van der Waals surface area contributed by atoms with E-state index < -0.39 is 12.2 Å². The second kappa shape index (κ2) is 8.29.